The minimum atomic E-state index is 0.642. The van der Waals surface area contributed by atoms with Gasteiger partial charge in [-0.05, 0) is 59.0 Å². The third-order valence-electron chi connectivity index (χ3n) is 9.98. The topological polar surface area (TPSA) is 34.0 Å². The van der Waals surface area contributed by atoms with Gasteiger partial charge in [0.25, 0.3) is 0 Å². The Morgan fingerprint density at radius 1 is 0.385 bits per heavy atom. The molecule has 2 heterocycles. The van der Waals surface area contributed by atoms with Crippen LogP contribution in [-0.2, 0) is 0 Å². The summed E-state index contributed by atoms with van der Waals surface area (Å²) in [6.07, 6.45) is 0. The number of aromatic nitrogens is 3. The van der Waals surface area contributed by atoms with Crippen LogP contribution in [0.15, 0.2) is 194 Å². The Hall–Kier alpha value is -7.04. The maximum Gasteiger partial charge on any atom is 0.235 e. The molecule has 0 bridgehead atoms. The zero-order valence-electron chi connectivity index (χ0n) is 28.3. The van der Waals surface area contributed by atoms with Crippen molar-refractivity contribution < 1.29 is 0 Å². The van der Waals surface area contributed by atoms with Crippen LogP contribution in [0.1, 0.15) is 0 Å². The summed E-state index contributed by atoms with van der Waals surface area (Å²) in [5.74, 6) is 0.642. The van der Waals surface area contributed by atoms with Gasteiger partial charge in [0.1, 0.15) is 0 Å². The molecule has 10 aromatic rings. The van der Waals surface area contributed by atoms with Crippen molar-refractivity contribution in [1.82, 2.24) is 14.5 Å². The summed E-state index contributed by atoms with van der Waals surface area (Å²) in [5, 5.41) is 5.71. The zero-order valence-corrected chi connectivity index (χ0v) is 28.3. The summed E-state index contributed by atoms with van der Waals surface area (Å²) in [7, 11) is 0. The van der Waals surface area contributed by atoms with Crippen molar-refractivity contribution in [3.8, 4) is 28.3 Å². The fourth-order valence-electron chi connectivity index (χ4n) is 7.63. The highest BCUT2D eigenvalue weighted by atomic mass is 15.2. The van der Waals surface area contributed by atoms with Gasteiger partial charge in [0.2, 0.25) is 5.95 Å². The van der Waals surface area contributed by atoms with Gasteiger partial charge in [-0.3, -0.25) is 4.57 Å². The van der Waals surface area contributed by atoms with E-state index in [1.54, 1.807) is 0 Å². The molecule has 0 amide bonds. The van der Waals surface area contributed by atoms with Gasteiger partial charge in [0, 0.05) is 38.5 Å². The second kappa shape index (κ2) is 12.4. The Labute approximate surface area is 301 Å². The van der Waals surface area contributed by atoms with Crippen molar-refractivity contribution in [2.24, 2.45) is 0 Å². The molecule has 0 atom stereocenters. The average molecular weight is 665 g/mol. The number of fused-ring (bicyclic) bond motifs is 6. The van der Waals surface area contributed by atoms with Crippen LogP contribution in [0, 0.1) is 0 Å². The maximum absolute atomic E-state index is 5.36. The first-order valence-electron chi connectivity index (χ1n) is 17.6. The molecular formula is C48H32N4. The molecule has 2 aromatic heterocycles. The summed E-state index contributed by atoms with van der Waals surface area (Å²) in [6.45, 7) is 0. The van der Waals surface area contributed by atoms with Gasteiger partial charge in [0.05, 0.1) is 27.9 Å². The smallest absolute Gasteiger partial charge is 0.235 e. The molecule has 10 rings (SSSR count). The molecular weight excluding hydrogens is 633 g/mol. The van der Waals surface area contributed by atoms with Crippen LogP contribution in [0.25, 0.3) is 71.8 Å². The Morgan fingerprint density at radius 3 is 1.65 bits per heavy atom. The second-order valence-electron chi connectivity index (χ2n) is 13.0. The van der Waals surface area contributed by atoms with Crippen molar-refractivity contribution >= 4 is 60.5 Å². The van der Waals surface area contributed by atoms with E-state index < -0.39 is 0 Å². The first kappa shape index (κ1) is 29.8. The van der Waals surface area contributed by atoms with Crippen molar-refractivity contribution in [1.29, 1.82) is 0 Å². The normalized spacial score (nSPS) is 11.5. The van der Waals surface area contributed by atoms with Crippen LogP contribution in [0.5, 0.6) is 0 Å². The van der Waals surface area contributed by atoms with Gasteiger partial charge in [-0.2, -0.15) is 0 Å². The number of anilines is 3. The predicted octanol–water partition coefficient (Wildman–Crippen LogP) is 12.7. The van der Waals surface area contributed by atoms with Crippen LogP contribution >= 0.6 is 0 Å². The molecule has 0 saturated heterocycles. The lowest BCUT2D eigenvalue weighted by Gasteiger charge is -2.27. The fourth-order valence-corrected chi connectivity index (χ4v) is 7.63. The van der Waals surface area contributed by atoms with E-state index in [4.69, 9.17) is 9.97 Å². The van der Waals surface area contributed by atoms with Crippen LogP contribution < -0.4 is 4.90 Å². The molecule has 0 aliphatic carbocycles. The quantitative estimate of drug-likeness (QED) is 0.177. The molecule has 0 aliphatic heterocycles. The van der Waals surface area contributed by atoms with E-state index >= 15 is 0 Å². The summed E-state index contributed by atoms with van der Waals surface area (Å²) in [4.78, 5) is 13.0. The zero-order chi connectivity index (χ0) is 34.4. The average Bonchev–Trinajstić information content (AvgIpc) is 3.56. The Kier molecular flexibility index (Phi) is 7.10. The molecule has 0 N–H and O–H groups in total. The van der Waals surface area contributed by atoms with Crippen LogP contribution in [-0.4, -0.2) is 14.5 Å². The first-order chi connectivity index (χ1) is 25.8. The SMILES string of the molecule is c1ccc(-c2ccc(N(c3ccccc3)c3cc4c(c5ccccc35)c3ccccc3n4-c3nc(-c4ccccc4)c4ccccc4n3)cc2)cc1. The molecule has 0 spiro atoms. The van der Waals surface area contributed by atoms with Gasteiger partial charge in [-0.15, -0.1) is 0 Å². The molecule has 244 valence electrons. The summed E-state index contributed by atoms with van der Waals surface area (Å²) >= 11 is 0. The van der Waals surface area contributed by atoms with E-state index in [0.29, 0.717) is 5.95 Å². The van der Waals surface area contributed by atoms with Gasteiger partial charge >= 0.3 is 0 Å². The molecule has 8 aromatic carbocycles. The molecule has 4 heteroatoms. The van der Waals surface area contributed by atoms with Crippen molar-refractivity contribution in [2.45, 2.75) is 0 Å². The highest BCUT2D eigenvalue weighted by Crippen LogP contribution is 2.45. The number of para-hydroxylation sites is 3. The van der Waals surface area contributed by atoms with Crippen LogP contribution in [0.4, 0.5) is 17.1 Å². The third-order valence-corrected chi connectivity index (χ3v) is 9.98. The van der Waals surface area contributed by atoms with Gasteiger partial charge in [-0.1, -0.05) is 152 Å². The van der Waals surface area contributed by atoms with Crippen molar-refractivity contribution in [2.75, 3.05) is 4.90 Å². The molecule has 0 radical (unpaired) electrons. The summed E-state index contributed by atoms with van der Waals surface area (Å²) in [5.41, 5.74) is 10.6. The molecule has 0 saturated carbocycles. The van der Waals surface area contributed by atoms with E-state index in [9.17, 15) is 0 Å². The Bertz CT molecular complexity index is 2880. The van der Waals surface area contributed by atoms with E-state index in [0.717, 1.165) is 55.6 Å². The largest absolute Gasteiger partial charge is 0.310 e. The second-order valence-corrected chi connectivity index (χ2v) is 13.0. The Morgan fingerprint density at radius 2 is 0.923 bits per heavy atom. The number of hydrogen-bond donors (Lipinski definition) is 0. The van der Waals surface area contributed by atoms with Gasteiger partial charge in [-0.25, -0.2) is 9.97 Å². The molecule has 0 aliphatic rings. The van der Waals surface area contributed by atoms with Gasteiger partial charge < -0.3 is 4.90 Å². The first-order valence-corrected chi connectivity index (χ1v) is 17.6. The predicted molar refractivity (Wildman–Crippen MR) is 217 cm³/mol. The minimum Gasteiger partial charge on any atom is -0.310 e. The number of hydrogen-bond acceptors (Lipinski definition) is 3. The van der Waals surface area contributed by atoms with E-state index in [2.05, 4.69) is 191 Å². The number of nitrogens with zero attached hydrogens (tertiary/aromatic N) is 4. The molecule has 0 fully saturated rings. The molecule has 4 nitrogen and oxygen atoms in total. The molecule has 52 heavy (non-hydrogen) atoms. The van der Waals surface area contributed by atoms with Gasteiger partial charge in [0.15, 0.2) is 0 Å². The molecule has 0 unspecified atom stereocenters. The maximum atomic E-state index is 5.36. The van der Waals surface area contributed by atoms with E-state index in [1.165, 1.54) is 27.3 Å². The van der Waals surface area contributed by atoms with Crippen molar-refractivity contribution in [3.63, 3.8) is 0 Å². The highest BCUT2D eigenvalue weighted by molar-refractivity contribution is 6.24. The monoisotopic (exact) mass is 664 g/mol. The third kappa shape index (κ3) is 4.92. The van der Waals surface area contributed by atoms with Crippen LogP contribution in [0.3, 0.4) is 0 Å². The number of rotatable bonds is 6. The van der Waals surface area contributed by atoms with Crippen molar-refractivity contribution in [3.05, 3.63) is 194 Å². The minimum absolute atomic E-state index is 0.642. The van der Waals surface area contributed by atoms with Crippen LogP contribution in [0.2, 0.25) is 0 Å². The summed E-state index contributed by atoms with van der Waals surface area (Å²) < 4.78 is 2.25. The lowest BCUT2D eigenvalue weighted by atomic mass is 10.00. The fraction of sp³-hybridized carbons (Fsp3) is 0. The Balaban J connectivity index is 1.28. The lowest BCUT2D eigenvalue weighted by Crippen LogP contribution is -2.11. The summed E-state index contributed by atoms with van der Waals surface area (Å²) in [6, 6.07) is 68.5. The lowest BCUT2D eigenvalue weighted by molar-refractivity contribution is 1.01. The van der Waals surface area contributed by atoms with E-state index in [1.807, 2.05) is 12.1 Å². The highest BCUT2D eigenvalue weighted by Gasteiger charge is 2.23. The number of benzene rings is 8. The standard InChI is InChI=1S/C48H32N4/c1-4-16-33(17-5-1)34-28-30-37(31-29-34)51(36-20-8-3-9-21-36)44-32-45-46(39-23-11-10-22-38(39)44)41-25-13-15-27-43(41)52(45)48-49-42-26-14-12-24-40(42)47(50-48)35-18-6-2-7-19-35/h1-32H. The van der Waals surface area contributed by atoms with E-state index in [-0.39, 0.29) is 0 Å².